The quantitative estimate of drug-likeness (QED) is 0.451. The number of fused-ring (bicyclic) bond motifs is 1. The standard InChI is InChI=1S/C15H19N3.ClH.Pd/c1-18(2)9-5-8-16-12-15-10-13-6-3-4-7-14(13)11-17-15;;/h3-4,6-7,10-12H,5,8-9H2,1-2H3;1H;/q;;+2/p-1. The normalized spacial score (nSPS) is 10.9. The Hall–Kier alpha value is -0.788. The fourth-order valence-electron chi connectivity index (χ4n) is 1.81. The second-order valence-corrected chi connectivity index (χ2v) is 4.65. The van der Waals surface area contributed by atoms with E-state index in [9.17, 15) is 0 Å². The van der Waals surface area contributed by atoms with Gasteiger partial charge in [-0.2, -0.15) is 0 Å². The maximum atomic E-state index is 4.49. The van der Waals surface area contributed by atoms with Crippen molar-refractivity contribution in [2.24, 2.45) is 4.99 Å². The van der Waals surface area contributed by atoms with Crippen molar-refractivity contribution in [3.63, 3.8) is 0 Å². The Morgan fingerprint density at radius 3 is 2.65 bits per heavy atom. The first kappa shape index (κ1) is 17.3. The van der Waals surface area contributed by atoms with Crippen molar-refractivity contribution in [2.75, 3.05) is 27.2 Å². The molecule has 0 unspecified atom stereocenters. The first-order valence-corrected chi connectivity index (χ1v) is 8.37. The number of halogens is 1. The zero-order chi connectivity index (χ0) is 14.8. The number of hydrogen-bond donors (Lipinski definition) is 0. The van der Waals surface area contributed by atoms with E-state index in [4.69, 9.17) is 0 Å². The molecule has 0 spiro atoms. The molecule has 3 nitrogen and oxygen atoms in total. The molecule has 1 aromatic carbocycles. The molecule has 0 aliphatic heterocycles. The molecule has 20 heavy (non-hydrogen) atoms. The second kappa shape index (κ2) is 10.0. The molecule has 0 fully saturated rings. The summed E-state index contributed by atoms with van der Waals surface area (Å²) in [6, 6.07) is 10.3. The molecule has 0 N–H and O–H groups in total. The molecule has 5 heteroatoms. The third kappa shape index (κ3) is 6.11. The van der Waals surface area contributed by atoms with E-state index in [1.165, 1.54) is 10.8 Å². The zero-order valence-electron chi connectivity index (χ0n) is 11.7. The second-order valence-electron chi connectivity index (χ2n) is 4.65. The third-order valence-corrected chi connectivity index (χ3v) is 2.77. The van der Waals surface area contributed by atoms with Crippen LogP contribution in [0.1, 0.15) is 12.1 Å². The van der Waals surface area contributed by atoms with Crippen LogP contribution < -0.4 is 0 Å². The van der Waals surface area contributed by atoms with Crippen LogP contribution in [0, 0.1) is 0 Å². The molecule has 0 atom stereocenters. The monoisotopic (exact) mass is 382 g/mol. The Bertz CT molecular complexity index is 543. The van der Waals surface area contributed by atoms with Gasteiger partial charge in [-0.25, -0.2) is 0 Å². The number of rotatable bonds is 5. The molecule has 1 aromatic heterocycles. The van der Waals surface area contributed by atoms with Crippen LogP contribution in [0.2, 0.25) is 0 Å². The van der Waals surface area contributed by atoms with Gasteiger partial charge < -0.3 is 4.90 Å². The van der Waals surface area contributed by atoms with Crippen LogP contribution in [0.25, 0.3) is 10.8 Å². The fourth-order valence-corrected chi connectivity index (χ4v) is 1.81. The van der Waals surface area contributed by atoms with Crippen LogP contribution in [0.15, 0.2) is 41.5 Å². The minimum absolute atomic E-state index is 0.854. The van der Waals surface area contributed by atoms with Gasteiger partial charge in [0.05, 0.1) is 5.69 Å². The van der Waals surface area contributed by atoms with Crippen molar-refractivity contribution >= 4 is 26.5 Å². The summed E-state index contributed by atoms with van der Waals surface area (Å²) in [5, 5.41) is 2.38. The first-order valence-electron chi connectivity index (χ1n) is 6.37. The van der Waals surface area contributed by atoms with Gasteiger partial charge in [0.2, 0.25) is 0 Å². The number of aliphatic imine (C=N–C) groups is 1. The molecule has 0 aliphatic carbocycles. The summed E-state index contributed by atoms with van der Waals surface area (Å²) in [6.45, 7) is 1.93. The molecule has 0 radical (unpaired) electrons. The van der Waals surface area contributed by atoms with Crippen LogP contribution in [0.4, 0.5) is 0 Å². The molecule has 2 aromatic rings. The predicted octanol–water partition coefficient (Wildman–Crippen LogP) is 3.29. The van der Waals surface area contributed by atoms with Gasteiger partial charge in [-0.1, -0.05) is 24.3 Å². The summed E-state index contributed by atoms with van der Waals surface area (Å²) in [5.41, 5.74) is 0.929. The van der Waals surface area contributed by atoms with Gasteiger partial charge in [0.15, 0.2) is 0 Å². The summed E-state index contributed by atoms with van der Waals surface area (Å²) < 4.78 is 0. The zero-order valence-corrected chi connectivity index (χ0v) is 14.0. The van der Waals surface area contributed by atoms with Crippen LogP contribution in [0.5, 0.6) is 0 Å². The van der Waals surface area contributed by atoms with E-state index >= 15 is 0 Å². The van der Waals surface area contributed by atoms with Crippen LogP contribution in [0.3, 0.4) is 0 Å². The average molecular weight is 383 g/mol. The molecule has 0 amide bonds. The van der Waals surface area contributed by atoms with Gasteiger partial charge in [-0.05, 0) is 38.5 Å². The Kier molecular flexibility index (Phi) is 8.64. The summed E-state index contributed by atoms with van der Waals surface area (Å²) in [5.74, 6) is 0. The maximum absolute atomic E-state index is 4.49. The molecule has 0 bridgehead atoms. The van der Waals surface area contributed by atoms with Gasteiger partial charge >= 0.3 is 27.7 Å². The van der Waals surface area contributed by atoms with Crippen LogP contribution >= 0.6 is 9.53 Å². The van der Waals surface area contributed by atoms with Crippen molar-refractivity contribution in [3.05, 3.63) is 42.2 Å². The molecular weight excluding hydrogens is 364 g/mol. The van der Waals surface area contributed by atoms with Crippen molar-refractivity contribution < 1.29 is 18.2 Å². The van der Waals surface area contributed by atoms with Gasteiger partial charge in [-0.3, -0.25) is 9.98 Å². The summed E-state index contributed by atoms with van der Waals surface area (Å²) >= 11 is 2.22. The van der Waals surface area contributed by atoms with Crippen LogP contribution in [-0.2, 0) is 18.2 Å². The van der Waals surface area contributed by atoms with Gasteiger partial charge in [0.1, 0.15) is 0 Å². The van der Waals surface area contributed by atoms with E-state index in [0.717, 1.165) is 25.2 Å². The third-order valence-electron chi connectivity index (χ3n) is 2.77. The van der Waals surface area contributed by atoms with E-state index in [0.29, 0.717) is 0 Å². The van der Waals surface area contributed by atoms with Crippen molar-refractivity contribution in [1.29, 1.82) is 0 Å². The fraction of sp³-hybridized carbons (Fsp3) is 0.333. The number of nitrogens with zero attached hydrogens (tertiary/aromatic N) is 3. The Labute approximate surface area is 135 Å². The van der Waals surface area contributed by atoms with Crippen molar-refractivity contribution in [3.8, 4) is 0 Å². The van der Waals surface area contributed by atoms with E-state index in [1.54, 1.807) is 0 Å². The summed E-state index contributed by atoms with van der Waals surface area (Å²) in [4.78, 5) is 11.0. The van der Waals surface area contributed by atoms with Gasteiger partial charge in [0.25, 0.3) is 0 Å². The number of hydrogen-bond acceptors (Lipinski definition) is 3. The number of pyridine rings is 1. The van der Waals surface area contributed by atoms with Crippen molar-refractivity contribution in [1.82, 2.24) is 9.88 Å². The average Bonchev–Trinajstić information content (AvgIpc) is 2.48. The van der Waals surface area contributed by atoms with E-state index < -0.39 is 0 Å². The first-order chi connectivity index (χ1) is 9.75. The number of aromatic nitrogens is 1. The molecule has 0 saturated heterocycles. The molecule has 0 saturated carbocycles. The Morgan fingerprint density at radius 2 is 1.95 bits per heavy atom. The molecule has 1 heterocycles. The van der Waals surface area contributed by atoms with E-state index in [2.05, 4.69) is 74.9 Å². The van der Waals surface area contributed by atoms with E-state index in [1.807, 2.05) is 24.5 Å². The Morgan fingerprint density at radius 1 is 1.25 bits per heavy atom. The summed E-state index contributed by atoms with van der Waals surface area (Å²) in [6.07, 6.45) is 4.84. The molecule has 110 valence electrons. The SMILES string of the molecule is CN(C)CCCN=Cc1cc2ccccc2cn1.[Cl][Pd+]. The van der Waals surface area contributed by atoms with E-state index in [-0.39, 0.29) is 0 Å². The minimum atomic E-state index is 0.854. The van der Waals surface area contributed by atoms with Crippen LogP contribution in [-0.4, -0.2) is 43.3 Å². The van der Waals surface area contributed by atoms with Gasteiger partial charge in [0, 0.05) is 24.3 Å². The van der Waals surface area contributed by atoms with Crippen molar-refractivity contribution in [2.45, 2.75) is 6.42 Å². The Balaban J connectivity index is 0.000000956. The molecule has 0 aliphatic rings. The predicted molar refractivity (Wildman–Crippen MR) is 83.2 cm³/mol. The van der Waals surface area contributed by atoms with Gasteiger partial charge in [-0.15, -0.1) is 0 Å². The number of benzene rings is 1. The molecule has 2 rings (SSSR count). The molecular formula is C15H19ClN3Pd+. The topological polar surface area (TPSA) is 28.5 Å². The summed E-state index contributed by atoms with van der Waals surface area (Å²) in [7, 11) is 8.64.